The maximum atomic E-state index is 5.70. The molecule has 264 valence electrons. The predicted molar refractivity (Wildman–Crippen MR) is 213 cm³/mol. The van der Waals surface area contributed by atoms with Crippen molar-refractivity contribution >= 4 is 17.3 Å². The molecule has 0 spiro atoms. The fourth-order valence-corrected chi connectivity index (χ4v) is 12.0. The summed E-state index contributed by atoms with van der Waals surface area (Å²) in [5.74, 6) is 3.90. The van der Waals surface area contributed by atoms with Gasteiger partial charge < -0.3 is 9.47 Å². The summed E-state index contributed by atoms with van der Waals surface area (Å²) in [4.78, 5) is 14.2. The molecule has 0 N–H and O–H groups in total. The van der Waals surface area contributed by atoms with Crippen molar-refractivity contribution in [2.45, 2.75) is 126 Å². The lowest BCUT2D eigenvalue weighted by atomic mass is 9.83. The lowest BCUT2D eigenvalue weighted by Crippen LogP contribution is -2.43. The van der Waals surface area contributed by atoms with Crippen molar-refractivity contribution in [2.75, 3.05) is 0 Å². The summed E-state index contributed by atoms with van der Waals surface area (Å²) < 4.78 is 2.80. The van der Waals surface area contributed by atoms with E-state index in [0.29, 0.717) is 35.8 Å². The molecule has 1 aliphatic heterocycles. The lowest BCUT2D eigenvalue weighted by molar-refractivity contribution is 0.192. The molecule has 4 nitrogen and oxygen atoms in total. The Bertz CT molecular complexity index is 2110. The summed E-state index contributed by atoms with van der Waals surface area (Å²) in [5.41, 5.74) is 15.0. The van der Waals surface area contributed by atoms with Crippen molar-refractivity contribution in [1.82, 2.24) is 19.4 Å². The first-order valence-corrected chi connectivity index (χ1v) is 20.8. The average Bonchev–Trinajstić information content (AvgIpc) is 3.98. The maximum absolute atomic E-state index is 5.70. The van der Waals surface area contributed by atoms with Crippen molar-refractivity contribution in [3.8, 4) is 0 Å². The van der Waals surface area contributed by atoms with Crippen LogP contribution in [-0.2, 0) is 6.42 Å². The van der Waals surface area contributed by atoms with E-state index >= 15 is 0 Å². The quantitative estimate of drug-likeness (QED) is 0.314. The van der Waals surface area contributed by atoms with Crippen LogP contribution in [0.15, 0.2) is 96.3 Å². The fourth-order valence-electron chi connectivity index (χ4n) is 12.0. The molecule has 1 saturated carbocycles. The highest BCUT2D eigenvalue weighted by Gasteiger charge is 2.47. The predicted octanol–water partition coefficient (Wildman–Crippen LogP) is 11.2. The Labute approximate surface area is 309 Å². The van der Waals surface area contributed by atoms with Gasteiger partial charge in [0.25, 0.3) is 0 Å². The minimum atomic E-state index is 0.125. The molecule has 2 aromatic rings. The summed E-state index contributed by atoms with van der Waals surface area (Å²) >= 11 is 0. The molecule has 2 aromatic heterocycles. The Balaban J connectivity index is 1.09. The van der Waals surface area contributed by atoms with E-state index < -0.39 is 0 Å². The molecular formula is C48H52N4. The highest BCUT2D eigenvalue weighted by atomic mass is 15.2. The molecule has 11 rings (SSSR count). The Morgan fingerprint density at radius 3 is 2.60 bits per heavy atom. The first-order chi connectivity index (χ1) is 25.7. The van der Waals surface area contributed by atoms with E-state index in [1.165, 1.54) is 73.3 Å². The van der Waals surface area contributed by atoms with Crippen LogP contribution in [0, 0.1) is 11.8 Å². The van der Waals surface area contributed by atoms with Gasteiger partial charge in [-0.3, -0.25) is 0 Å². The van der Waals surface area contributed by atoms with Gasteiger partial charge in [0.05, 0.1) is 23.3 Å². The molecule has 52 heavy (non-hydrogen) atoms. The zero-order valence-corrected chi connectivity index (χ0v) is 30.8. The minimum Gasteiger partial charge on any atom is -0.364 e. The molecule has 8 aliphatic carbocycles. The van der Waals surface area contributed by atoms with E-state index in [1.54, 1.807) is 28.1 Å². The molecule has 3 heterocycles. The summed E-state index contributed by atoms with van der Waals surface area (Å²) in [6.07, 6.45) is 49.0. The fraction of sp³-hybridized carbons (Fsp3) is 0.458. The van der Waals surface area contributed by atoms with Gasteiger partial charge in [-0.25, -0.2) is 9.97 Å². The van der Waals surface area contributed by atoms with Gasteiger partial charge in [-0.2, -0.15) is 0 Å². The molecule has 8 atom stereocenters. The standard InChI is InChI=1S/C48H52N4/c1-30-13-5-6-16-35(30)41-29-40(31-14-3-2-4-15-31)49-48(50-41)39-28-34(51-42-20-10-7-17-36(42)37-18-8-11-21-43(37)51)25-26-45(39)52-44-22-12-9-19-38(44)46-32-23-24-33(27-32)47(46)52/h2-4,7-8,10,12,14,16-18,20,22,26,29-34,36,39,42H,5-6,9,11,13,15,19,21,23-25,27-28H2,1H3. The monoisotopic (exact) mass is 684 g/mol. The van der Waals surface area contributed by atoms with Crippen LogP contribution in [0.3, 0.4) is 0 Å². The minimum absolute atomic E-state index is 0.125. The Morgan fingerprint density at radius 2 is 1.67 bits per heavy atom. The van der Waals surface area contributed by atoms with Crippen LogP contribution in [0.1, 0.15) is 147 Å². The second-order valence-corrected chi connectivity index (χ2v) is 17.2. The van der Waals surface area contributed by atoms with Crippen molar-refractivity contribution in [1.29, 1.82) is 0 Å². The molecule has 1 fully saturated rings. The van der Waals surface area contributed by atoms with Gasteiger partial charge >= 0.3 is 0 Å². The number of aromatic nitrogens is 3. The summed E-state index contributed by atoms with van der Waals surface area (Å²) in [5, 5.41) is 0. The van der Waals surface area contributed by atoms with Gasteiger partial charge in [0.1, 0.15) is 5.82 Å². The normalized spacial score (nSPS) is 33.7. The van der Waals surface area contributed by atoms with Gasteiger partial charge in [0.15, 0.2) is 0 Å². The topological polar surface area (TPSA) is 34.0 Å². The third-order valence-corrected chi connectivity index (χ3v) is 14.3. The van der Waals surface area contributed by atoms with Crippen molar-refractivity contribution in [3.05, 3.63) is 136 Å². The number of fused-ring (bicyclic) bond motifs is 9. The zero-order valence-electron chi connectivity index (χ0n) is 30.8. The van der Waals surface area contributed by atoms with E-state index in [0.717, 1.165) is 50.3 Å². The summed E-state index contributed by atoms with van der Waals surface area (Å²) in [7, 11) is 0. The van der Waals surface area contributed by atoms with Crippen molar-refractivity contribution < 1.29 is 0 Å². The van der Waals surface area contributed by atoms with E-state index in [2.05, 4.69) is 108 Å². The number of hydrogen-bond donors (Lipinski definition) is 0. The zero-order chi connectivity index (χ0) is 34.3. The van der Waals surface area contributed by atoms with Crippen molar-refractivity contribution in [3.63, 3.8) is 0 Å². The molecule has 2 bridgehead atoms. The summed E-state index contributed by atoms with van der Waals surface area (Å²) in [6.45, 7) is 2.41. The number of rotatable bonds is 5. The first kappa shape index (κ1) is 31.4. The Morgan fingerprint density at radius 1 is 0.788 bits per heavy atom. The Kier molecular flexibility index (Phi) is 7.51. The van der Waals surface area contributed by atoms with Gasteiger partial charge in [0, 0.05) is 46.6 Å². The van der Waals surface area contributed by atoms with Crippen LogP contribution in [0.2, 0.25) is 0 Å². The van der Waals surface area contributed by atoms with Gasteiger partial charge in [-0.15, -0.1) is 0 Å². The van der Waals surface area contributed by atoms with Gasteiger partial charge in [-0.1, -0.05) is 85.9 Å². The van der Waals surface area contributed by atoms with E-state index in [1.807, 2.05) is 0 Å². The molecule has 9 aliphatic rings. The largest absolute Gasteiger partial charge is 0.364 e. The highest BCUT2D eigenvalue weighted by Crippen LogP contribution is 2.58. The SMILES string of the molecule is CC1CCCC=C1c1cc(C2C=CC=CC2)nc(C2CC(N3C4=C(C=CCC4)C4C=CC=CC43)CC=C2n2c3c(c4c2C2CCC4C2)CCC=C3)n1. The third-order valence-electron chi connectivity index (χ3n) is 14.3. The van der Waals surface area contributed by atoms with Crippen LogP contribution in [0.5, 0.6) is 0 Å². The average molecular weight is 685 g/mol. The van der Waals surface area contributed by atoms with Crippen LogP contribution in [0.25, 0.3) is 17.3 Å². The van der Waals surface area contributed by atoms with E-state index in [9.17, 15) is 0 Å². The maximum Gasteiger partial charge on any atom is 0.138 e. The third kappa shape index (κ3) is 4.85. The second-order valence-electron chi connectivity index (χ2n) is 17.2. The Hall–Kier alpha value is -4.18. The number of allylic oxidation sites excluding steroid dienone is 13. The molecule has 0 saturated heterocycles. The molecule has 0 aromatic carbocycles. The van der Waals surface area contributed by atoms with Crippen LogP contribution in [0.4, 0.5) is 0 Å². The molecular weight excluding hydrogens is 633 g/mol. The lowest BCUT2D eigenvalue weighted by Gasteiger charge is -2.42. The molecule has 4 heteroatoms. The molecule has 8 unspecified atom stereocenters. The molecule has 0 radical (unpaired) electrons. The van der Waals surface area contributed by atoms with Crippen LogP contribution >= 0.6 is 0 Å². The second kappa shape index (κ2) is 12.5. The van der Waals surface area contributed by atoms with Crippen LogP contribution in [-0.4, -0.2) is 31.5 Å². The number of nitrogens with zero attached hydrogens (tertiary/aromatic N) is 4. The smallest absolute Gasteiger partial charge is 0.138 e. The highest BCUT2D eigenvalue weighted by molar-refractivity contribution is 5.71. The van der Waals surface area contributed by atoms with Gasteiger partial charge in [0.2, 0.25) is 0 Å². The van der Waals surface area contributed by atoms with E-state index in [4.69, 9.17) is 9.97 Å². The number of hydrogen-bond acceptors (Lipinski definition) is 3. The van der Waals surface area contributed by atoms with Crippen LogP contribution < -0.4 is 0 Å². The van der Waals surface area contributed by atoms with E-state index in [-0.39, 0.29) is 5.92 Å². The first-order valence-electron chi connectivity index (χ1n) is 20.8. The summed E-state index contributed by atoms with van der Waals surface area (Å²) in [6, 6.07) is 3.17. The van der Waals surface area contributed by atoms with Gasteiger partial charge in [-0.05, 0) is 130 Å². The molecule has 0 amide bonds. The van der Waals surface area contributed by atoms with Crippen molar-refractivity contribution in [2.24, 2.45) is 11.8 Å².